The summed E-state index contributed by atoms with van der Waals surface area (Å²) in [6, 6.07) is 0.537. The van der Waals surface area contributed by atoms with E-state index >= 15 is 0 Å². The van der Waals surface area contributed by atoms with Crippen molar-refractivity contribution in [3.05, 3.63) is 0 Å². The van der Waals surface area contributed by atoms with Crippen LogP contribution in [0.15, 0.2) is 0 Å². The van der Waals surface area contributed by atoms with Gasteiger partial charge in [-0.2, -0.15) is 0 Å². The molecule has 0 bridgehead atoms. The molecule has 1 fully saturated rings. The van der Waals surface area contributed by atoms with Crippen molar-refractivity contribution in [2.75, 3.05) is 13.2 Å². The highest BCUT2D eigenvalue weighted by Crippen LogP contribution is 2.16. The van der Waals surface area contributed by atoms with Crippen LogP contribution in [0.25, 0.3) is 0 Å². The topological polar surface area (TPSA) is 41.5 Å². The normalized spacial score (nSPS) is 30.2. The van der Waals surface area contributed by atoms with Crippen molar-refractivity contribution < 1.29 is 9.84 Å². The SMILES string of the molecule is CCC(O)CNC1CCOC(CC)C1. The van der Waals surface area contributed by atoms with Crippen LogP contribution in [0.4, 0.5) is 0 Å². The molecule has 14 heavy (non-hydrogen) atoms. The van der Waals surface area contributed by atoms with Crippen LogP contribution in [0.2, 0.25) is 0 Å². The average molecular weight is 201 g/mol. The van der Waals surface area contributed by atoms with Crippen LogP contribution in [-0.4, -0.2) is 36.5 Å². The van der Waals surface area contributed by atoms with Crippen molar-refractivity contribution in [1.29, 1.82) is 0 Å². The maximum atomic E-state index is 9.42. The fraction of sp³-hybridized carbons (Fsp3) is 1.00. The van der Waals surface area contributed by atoms with E-state index in [0.717, 1.165) is 38.8 Å². The van der Waals surface area contributed by atoms with E-state index in [9.17, 15) is 5.11 Å². The Morgan fingerprint density at radius 3 is 2.93 bits per heavy atom. The predicted molar refractivity (Wildman–Crippen MR) is 57.4 cm³/mol. The zero-order chi connectivity index (χ0) is 10.4. The Morgan fingerprint density at radius 1 is 1.50 bits per heavy atom. The molecule has 0 saturated carbocycles. The van der Waals surface area contributed by atoms with Gasteiger partial charge in [-0.1, -0.05) is 13.8 Å². The van der Waals surface area contributed by atoms with Gasteiger partial charge in [0.1, 0.15) is 0 Å². The maximum absolute atomic E-state index is 9.42. The van der Waals surface area contributed by atoms with E-state index in [-0.39, 0.29) is 6.10 Å². The molecule has 84 valence electrons. The summed E-state index contributed by atoms with van der Waals surface area (Å²) in [5, 5.41) is 12.8. The first-order valence-electron chi connectivity index (χ1n) is 5.79. The Bertz CT molecular complexity index is 152. The van der Waals surface area contributed by atoms with Gasteiger partial charge in [0.25, 0.3) is 0 Å². The van der Waals surface area contributed by atoms with Crippen LogP contribution in [-0.2, 0) is 4.74 Å². The molecule has 0 radical (unpaired) electrons. The minimum absolute atomic E-state index is 0.196. The second-order valence-corrected chi connectivity index (χ2v) is 4.09. The first kappa shape index (κ1) is 12.0. The van der Waals surface area contributed by atoms with Crippen molar-refractivity contribution in [1.82, 2.24) is 5.32 Å². The molecule has 0 spiro atoms. The quantitative estimate of drug-likeness (QED) is 0.704. The molecule has 3 atom stereocenters. The number of aliphatic hydroxyl groups is 1. The van der Waals surface area contributed by atoms with Crippen molar-refractivity contribution in [2.24, 2.45) is 0 Å². The highest BCUT2D eigenvalue weighted by atomic mass is 16.5. The molecule has 0 amide bonds. The van der Waals surface area contributed by atoms with Gasteiger partial charge in [-0.3, -0.25) is 0 Å². The number of ether oxygens (including phenoxy) is 1. The number of hydrogen-bond acceptors (Lipinski definition) is 3. The summed E-state index contributed by atoms with van der Waals surface area (Å²) < 4.78 is 5.59. The zero-order valence-electron chi connectivity index (χ0n) is 9.33. The van der Waals surface area contributed by atoms with Crippen LogP contribution < -0.4 is 5.32 Å². The molecule has 0 aromatic rings. The maximum Gasteiger partial charge on any atom is 0.0662 e. The van der Waals surface area contributed by atoms with Gasteiger partial charge >= 0.3 is 0 Å². The molecular weight excluding hydrogens is 178 g/mol. The Balaban J connectivity index is 2.17. The van der Waals surface area contributed by atoms with Crippen molar-refractivity contribution in [2.45, 2.75) is 57.8 Å². The molecule has 2 N–H and O–H groups in total. The Kier molecular flexibility index (Phi) is 5.45. The van der Waals surface area contributed by atoms with E-state index in [4.69, 9.17) is 4.74 Å². The third kappa shape index (κ3) is 3.95. The molecule has 1 rings (SSSR count). The lowest BCUT2D eigenvalue weighted by Gasteiger charge is -2.30. The predicted octanol–water partition coefficient (Wildman–Crippen LogP) is 1.30. The molecule has 3 unspecified atom stereocenters. The van der Waals surface area contributed by atoms with E-state index < -0.39 is 0 Å². The van der Waals surface area contributed by atoms with Gasteiger partial charge in [-0.25, -0.2) is 0 Å². The Morgan fingerprint density at radius 2 is 2.29 bits per heavy atom. The standard InChI is InChI=1S/C11H23NO2/c1-3-10(13)8-12-9-5-6-14-11(4-2)7-9/h9-13H,3-8H2,1-2H3. The van der Waals surface area contributed by atoms with Crippen LogP contribution in [0.1, 0.15) is 39.5 Å². The lowest BCUT2D eigenvalue weighted by atomic mass is 10.0. The van der Waals surface area contributed by atoms with E-state index in [0.29, 0.717) is 12.1 Å². The van der Waals surface area contributed by atoms with E-state index in [1.54, 1.807) is 0 Å². The zero-order valence-corrected chi connectivity index (χ0v) is 9.33. The molecule has 1 aliphatic heterocycles. The largest absolute Gasteiger partial charge is 0.392 e. The van der Waals surface area contributed by atoms with Crippen molar-refractivity contribution in [3.63, 3.8) is 0 Å². The van der Waals surface area contributed by atoms with Crippen LogP contribution in [0, 0.1) is 0 Å². The van der Waals surface area contributed by atoms with Crippen LogP contribution in [0.5, 0.6) is 0 Å². The van der Waals surface area contributed by atoms with Gasteiger partial charge < -0.3 is 15.2 Å². The summed E-state index contributed by atoms with van der Waals surface area (Å²) in [6.45, 7) is 5.75. The van der Waals surface area contributed by atoms with E-state index in [2.05, 4.69) is 12.2 Å². The molecule has 3 nitrogen and oxygen atoms in total. The number of rotatable bonds is 5. The average Bonchev–Trinajstić information content (AvgIpc) is 2.26. The lowest BCUT2D eigenvalue weighted by Crippen LogP contribution is -2.41. The van der Waals surface area contributed by atoms with E-state index in [1.165, 1.54) is 0 Å². The van der Waals surface area contributed by atoms with Gasteiger partial charge in [0, 0.05) is 19.2 Å². The van der Waals surface area contributed by atoms with Crippen LogP contribution in [0.3, 0.4) is 0 Å². The number of hydrogen-bond donors (Lipinski definition) is 2. The highest BCUT2D eigenvalue weighted by Gasteiger charge is 2.20. The summed E-state index contributed by atoms with van der Waals surface area (Å²) >= 11 is 0. The second-order valence-electron chi connectivity index (χ2n) is 4.09. The van der Waals surface area contributed by atoms with Crippen LogP contribution >= 0.6 is 0 Å². The monoisotopic (exact) mass is 201 g/mol. The number of nitrogens with one attached hydrogen (secondary N) is 1. The first-order chi connectivity index (χ1) is 6.76. The summed E-state index contributed by atoms with van der Waals surface area (Å²) in [6.07, 6.45) is 4.31. The van der Waals surface area contributed by atoms with Gasteiger partial charge in [-0.05, 0) is 25.7 Å². The third-order valence-corrected chi connectivity index (χ3v) is 2.94. The summed E-state index contributed by atoms with van der Waals surface area (Å²) in [4.78, 5) is 0. The minimum atomic E-state index is -0.196. The fourth-order valence-electron chi connectivity index (χ4n) is 1.80. The van der Waals surface area contributed by atoms with Gasteiger partial charge in [0.05, 0.1) is 12.2 Å². The summed E-state index contributed by atoms with van der Waals surface area (Å²) in [5.74, 6) is 0. The summed E-state index contributed by atoms with van der Waals surface area (Å²) in [5.41, 5.74) is 0. The first-order valence-corrected chi connectivity index (χ1v) is 5.79. The molecule has 1 saturated heterocycles. The van der Waals surface area contributed by atoms with Crippen molar-refractivity contribution >= 4 is 0 Å². The van der Waals surface area contributed by atoms with E-state index in [1.807, 2.05) is 6.92 Å². The molecule has 1 heterocycles. The highest BCUT2D eigenvalue weighted by molar-refractivity contribution is 4.76. The molecule has 1 aliphatic rings. The lowest BCUT2D eigenvalue weighted by molar-refractivity contribution is -0.00205. The Labute approximate surface area is 86.8 Å². The second kappa shape index (κ2) is 6.38. The number of aliphatic hydroxyl groups excluding tert-OH is 1. The van der Waals surface area contributed by atoms with Gasteiger partial charge in [0.15, 0.2) is 0 Å². The Hall–Kier alpha value is -0.120. The minimum Gasteiger partial charge on any atom is -0.392 e. The smallest absolute Gasteiger partial charge is 0.0662 e. The molecule has 3 heteroatoms. The van der Waals surface area contributed by atoms with Gasteiger partial charge in [0.2, 0.25) is 0 Å². The third-order valence-electron chi connectivity index (χ3n) is 2.94. The molecule has 0 aromatic heterocycles. The molecule has 0 aromatic carbocycles. The van der Waals surface area contributed by atoms with Crippen molar-refractivity contribution in [3.8, 4) is 0 Å². The molecule has 0 aliphatic carbocycles. The molecular formula is C11H23NO2. The van der Waals surface area contributed by atoms with Gasteiger partial charge in [-0.15, -0.1) is 0 Å². The fourth-order valence-corrected chi connectivity index (χ4v) is 1.80. The summed E-state index contributed by atoms with van der Waals surface area (Å²) in [7, 11) is 0.